The standard InChI is InChI=1S/C23H22N2O3/c1-4-28-23(26)22-21(19(13-24)14-25(22)2)17-11-9-16(10-12-17)20-8-6-5-7-18(20)15-27-3/h5-12,14H,4,15H2,1-3H3. The summed E-state index contributed by atoms with van der Waals surface area (Å²) in [6, 6.07) is 18.1. The number of carbonyl (C=O) groups excluding carboxylic acids is 1. The second kappa shape index (κ2) is 8.55. The van der Waals surface area contributed by atoms with Gasteiger partial charge in [-0.3, -0.25) is 0 Å². The summed E-state index contributed by atoms with van der Waals surface area (Å²) in [7, 11) is 3.42. The van der Waals surface area contributed by atoms with E-state index in [1.165, 1.54) is 0 Å². The van der Waals surface area contributed by atoms with Crippen LogP contribution in [0.3, 0.4) is 0 Å². The Balaban J connectivity index is 2.06. The van der Waals surface area contributed by atoms with Gasteiger partial charge in [-0.2, -0.15) is 5.26 Å². The number of aryl methyl sites for hydroxylation is 1. The third-order valence-electron chi connectivity index (χ3n) is 4.57. The second-order valence-corrected chi connectivity index (χ2v) is 6.38. The molecule has 28 heavy (non-hydrogen) atoms. The summed E-state index contributed by atoms with van der Waals surface area (Å²) in [5.41, 5.74) is 5.46. The van der Waals surface area contributed by atoms with Crippen molar-refractivity contribution in [1.29, 1.82) is 5.26 Å². The first-order chi connectivity index (χ1) is 13.6. The Morgan fingerprint density at radius 3 is 2.43 bits per heavy atom. The van der Waals surface area contributed by atoms with Crippen molar-refractivity contribution >= 4 is 5.97 Å². The van der Waals surface area contributed by atoms with Crippen LogP contribution < -0.4 is 0 Å². The first kappa shape index (κ1) is 19.4. The fraction of sp³-hybridized carbons (Fsp3) is 0.217. The molecule has 0 unspecified atom stereocenters. The van der Waals surface area contributed by atoms with E-state index in [4.69, 9.17) is 9.47 Å². The number of rotatable bonds is 6. The van der Waals surface area contributed by atoms with Gasteiger partial charge >= 0.3 is 5.97 Å². The molecule has 2 aromatic carbocycles. The van der Waals surface area contributed by atoms with Gasteiger partial charge in [0.2, 0.25) is 0 Å². The molecule has 142 valence electrons. The number of nitrogens with zero attached hydrogens (tertiary/aromatic N) is 2. The Labute approximate surface area is 164 Å². The van der Waals surface area contributed by atoms with E-state index in [0.29, 0.717) is 23.4 Å². The van der Waals surface area contributed by atoms with E-state index in [1.54, 1.807) is 31.8 Å². The summed E-state index contributed by atoms with van der Waals surface area (Å²) in [4.78, 5) is 12.4. The molecule has 0 N–H and O–H groups in total. The molecule has 1 aromatic heterocycles. The van der Waals surface area contributed by atoms with Crippen molar-refractivity contribution in [1.82, 2.24) is 4.57 Å². The fourth-order valence-electron chi connectivity index (χ4n) is 3.35. The van der Waals surface area contributed by atoms with Crippen LogP contribution in [0.5, 0.6) is 0 Å². The SMILES string of the molecule is CCOC(=O)c1c(-c2ccc(-c3ccccc3COC)cc2)c(C#N)cn1C. The average Bonchev–Trinajstić information content (AvgIpc) is 3.05. The van der Waals surface area contributed by atoms with E-state index in [-0.39, 0.29) is 6.61 Å². The van der Waals surface area contributed by atoms with Crippen molar-refractivity contribution in [2.45, 2.75) is 13.5 Å². The molecule has 0 aliphatic carbocycles. The minimum atomic E-state index is -0.434. The van der Waals surface area contributed by atoms with Crippen molar-refractivity contribution in [2.24, 2.45) is 7.05 Å². The number of benzene rings is 2. The van der Waals surface area contributed by atoms with Crippen molar-refractivity contribution in [3.8, 4) is 28.3 Å². The lowest BCUT2D eigenvalue weighted by atomic mass is 9.96. The largest absolute Gasteiger partial charge is 0.461 e. The monoisotopic (exact) mass is 374 g/mol. The number of aromatic nitrogens is 1. The third-order valence-corrected chi connectivity index (χ3v) is 4.57. The smallest absolute Gasteiger partial charge is 0.355 e. The van der Waals surface area contributed by atoms with Gasteiger partial charge in [0.25, 0.3) is 0 Å². The van der Waals surface area contributed by atoms with Gasteiger partial charge in [-0.1, -0.05) is 48.5 Å². The number of nitriles is 1. The van der Waals surface area contributed by atoms with Crippen LogP contribution in [0.1, 0.15) is 28.5 Å². The van der Waals surface area contributed by atoms with Gasteiger partial charge in [-0.05, 0) is 29.2 Å². The van der Waals surface area contributed by atoms with Crippen LogP contribution in [0.2, 0.25) is 0 Å². The maximum Gasteiger partial charge on any atom is 0.355 e. The quantitative estimate of drug-likeness (QED) is 0.594. The molecule has 0 aliphatic rings. The Bertz CT molecular complexity index is 1030. The summed E-state index contributed by atoms with van der Waals surface area (Å²) in [6.07, 6.45) is 1.66. The van der Waals surface area contributed by atoms with E-state index in [1.807, 2.05) is 42.5 Å². The highest BCUT2D eigenvalue weighted by Crippen LogP contribution is 2.32. The lowest BCUT2D eigenvalue weighted by Gasteiger charge is -2.11. The summed E-state index contributed by atoms with van der Waals surface area (Å²) >= 11 is 0. The number of carbonyl (C=O) groups is 1. The summed E-state index contributed by atoms with van der Waals surface area (Å²) in [5.74, 6) is -0.434. The predicted molar refractivity (Wildman–Crippen MR) is 108 cm³/mol. The van der Waals surface area contributed by atoms with Gasteiger partial charge in [0.1, 0.15) is 11.8 Å². The highest BCUT2D eigenvalue weighted by Gasteiger charge is 2.22. The minimum Gasteiger partial charge on any atom is -0.461 e. The molecule has 0 aliphatic heterocycles. The Hall–Kier alpha value is -3.36. The molecule has 0 bridgehead atoms. The molecule has 0 spiro atoms. The van der Waals surface area contributed by atoms with Crippen molar-refractivity contribution in [3.05, 3.63) is 71.5 Å². The number of methoxy groups -OCH3 is 1. The molecular formula is C23H22N2O3. The third kappa shape index (κ3) is 3.68. The van der Waals surface area contributed by atoms with Crippen molar-refractivity contribution in [2.75, 3.05) is 13.7 Å². The van der Waals surface area contributed by atoms with Gasteiger partial charge in [0.05, 0.1) is 18.8 Å². The second-order valence-electron chi connectivity index (χ2n) is 6.38. The summed E-state index contributed by atoms with van der Waals surface area (Å²) in [6.45, 7) is 2.57. The lowest BCUT2D eigenvalue weighted by Crippen LogP contribution is -2.10. The van der Waals surface area contributed by atoms with Crippen LogP contribution in [-0.2, 0) is 23.1 Å². The van der Waals surface area contributed by atoms with E-state index < -0.39 is 5.97 Å². The van der Waals surface area contributed by atoms with E-state index in [0.717, 1.165) is 22.3 Å². The van der Waals surface area contributed by atoms with Crippen LogP contribution in [0.15, 0.2) is 54.7 Å². The summed E-state index contributed by atoms with van der Waals surface area (Å²) < 4.78 is 12.1. The van der Waals surface area contributed by atoms with Gasteiger partial charge in [0.15, 0.2) is 0 Å². The maximum atomic E-state index is 12.4. The Morgan fingerprint density at radius 2 is 1.79 bits per heavy atom. The molecule has 0 radical (unpaired) electrons. The molecule has 0 saturated heterocycles. The van der Waals surface area contributed by atoms with Crippen molar-refractivity contribution < 1.29 is 14.3 Å². The normalized spacial score (nSPS) is 10.5. The number of esters is 1. The minimum absolute atomic E-state index is 0.278. The first-order valence-electron chi connectivity index (χ1n) is 9.04. The average molecular weight is 374 g/mol. The maximum absolute atomic E-state index is 12.4. The molecular weight excluding hydrogens is 352 g/mol. The summed E-state index contributed by atoms with van der Waals surface area (Å²) in [5, 5.41) is 9.53. The topological polar surface area (TPSA) is 64.2 Å². The van der Waals surface area contributed by atoms with Crippen LogP contribution >= 0.6 is 0 Å². The van der Waals surface area contributed by atoms with Gasteiger partial charge in [0, 0.05) is 25.9 Å². The van der Waals surface area contributed by atoms with Crippen LogP contribution in [0.4, 0.5) is 0 Å². The molecule has 0 atom stereocenters. The zero-order valence-electron chi connectivity index (χ0n) is 16.2. The lowest BCUT2D eigenvalue weighted by molar-refractivity contribution is 0.0516. The highest BCUT2D eigenvalue weighted by molar-refractivity contribution is 5.98. The first-order valence-corrected chi connectivity index (χ1v) is 9.04. The fourth-order valence-corrected chi connectivity index (χ4v) is 3.35. The molecule has 3 rings (SSSR count). The molecule has 0 amide bonds. The van der Waals surface area contributed by atoms with Gasteiger partial charge < -0.3 is 14.0 Å². The molecule has 0 saturated carbocycles. The van der Waals surface area contributed by atoms with Crippen molar-refractivity contribution in [3.63, 3.8) is 0 Å². The number of hydrogen-bond acceptors (Lipinski definition) is 4. The van der Waals surface area contributed by atoms with Crippen LogP contribution in [-0.4, -0.2) is 24.3 Å². The van der Waals surface area contributed by atoms with Crippen LogP contribution in [0.25, 0.3) is 22.3 Å². The zero-order valence-corrected chi connectivity index (χ0v) is 16.2. The Kier molecular flexibility index (Phi) is 5.93. The Morgan fingerprint density at radius 1 is 1.11 bits per heavy atom. The predicted octanol–water partition coefficient (Wildman–Crippen LogP) is 4.55. The number of ether oxygens (including phenoxy) is 2. The molecule has 5 nitrogen and oxygen atoms in total. The highest BCUT2D eigenvalue weighted by atomic mass is 16.5. The van der Waals surface area contributed by atoms with E-state index in [9.17, 15) is 10.1 Å². The molecule has 0 fully saturated rings. The van der Waals surface area contributed by atoms with Gasteiger partial charge in [-0.15, -0.1) is 0 Å². The molecule has 5 heteroatoms. The zero-order chi connectivity index (χ0) is 20.1. The molecule has 1 heterocycles. The van der Waals surface area contributed by atoms with E-state index in [2.05, 4.69) is 12.1 Å². The number of hydrogen-bond donors (Lipinski definition) is 0. The van der Waals surface area contributed by atoms with Crippen LogP contribution in [0, 0.1) is 11.3 Å². The van der Waals surface area contributed by atoms with Gasteiger partial charge in [-0.25, -0.2) is 4.79 Å². The molecule has 3 aromatic rings. The van der Waals surface area contributed by atoms with E-state index >= 15 is 0 Å².